The van der Waals surface area contributed by atoms with Crippen molar-refractivity contribution in [1.29, 1.82) is 0 Å². The molecular weight excluding hydrogens is 443 g/mol. The van der Waals surface area contributed by atoms with Crippen LogP contribution < -0.4 is 20.1 Å². The van der Waals surface area contributed by atoms with Crippen LogP contribution in [-0.2, 0) is 6.54 Å². The van der Waals surface area contributed by atoms with E-state index < -0.39 is 0 Å². The van der Waals surface area contributed by atoms with Gasteiger partial charge in [0, 0.05) is 19.6 Å². The zero-order chi connectivity index (χ0) is 18.5. The van der Waals surface area contributed by atoms with Crippen molar-refractivity contribution in [2.45, 2.75) is 33.7 Å². The van der Waals surface area contributed by atoms with Gasteiger partial charge in [0.05, 0.1) is 20.8 Å². The summed E-state index contributed by atoms with van der Waals surface area (Å²) in [6.45, 7) is 12.0. The lowest BCUT2D eigenvalue weighted by Crippen LogP contribution is -2.41. The number of ether oxygens (including phenoxy) is 2. The Morgan fingerprint density at radius 2 is 1.77 bits per heavy atom. The second-order valence-electron chi connectivity index (χ2n) is 5.75. The minimum Gasteiger partial charge on any atom is -0.493 e. The Kier molecular flexibility index (Phi) is 14.2. The minimum absolute atomic E-state index is 0. The molecule has 1 rings (SSSR count). The summed E-state index contributed by atoms with van der Waals surface area (Å²) in [5, 5.41) is 6.70. The van der Waals surface area contributed by atoms with E-state index in [4.69, 9.17) is 9.47 Å². The van der Waals surface area contributed by atoms with Crippen LogP contribution in [0.3, 0.4) is 0 Å². The zero-order valence-corrected chi connectivity index (χ0v) is 19.1. The molecule has 7 heteroatoms. The average molecular weight is 478 g/mol. The molecule has 1 aromatic carbocycles. The van der Waals surface area contributed by atoms with Crippen molar-refractivity contribution in [1.82, 2.24) is 15.5 Å². The van der Waals surface area contributed by atoms with Crippen LogP contribution in [0.15, 0.2) is 23.2 Å². The van der Waals surface area contributed by atoms with Gasteiger partial charge in [-0.1, -0.05) is 19.9 Å². The van der Waals surface area contributed by atoms with Crippen LogP contribution in [0.2, 0.25) is 0 Å². The van der Waals surface area contributed by atoms with Crippen molar-refractivity contribution >= 4 is 29.9 Å². The van der Waals surface area contributed by atoms with Crippen LogP contribution in [0, 0.1) is 0 Å². The third-order valence-electron chi connectivity index (χ3n) is 3.92. The van der Waals surface area contributed by atoms with Crippen molar-refractivity contribution in [2.24, 2.45) is 4.99 Å². The highest BCUT2D eigenvalue weighted by molar-refractivity contribution is 14.0. The molecule has 0 amide bonds. The Hall–Kier alpha value is -1.22. The quantitative estimate of drug-likeness (QED) is 0.291. The number of aliphatic imine (C=N–C) groups is 1. The Bertz CT molecular complexity index is 526. The van der Waals surface area contributed by atoms with Gasteiger partial charge in [0.1, 0.15) is 0 Å². The van der Waals surface area contributed by atoms with Crippen LogP contribution in [0.1, 0.15) is 32.8 Å². The second-order valence-corrected chi connectivity index (χ2v) is 5.75. The van der Waals surface area contributed by atoms with E-state index in [2.05, 4.69) is 41.3 Å². The highest BCUT2D eigenvalue weighted by Crippen LogP contribution is 2.27. The molecule has 0 aliphatic carbocycles. The van der Waals surface area contributed by atoms with Gasteiger partial charge >= 0.3 is 0 Å². The topological polar surface area (TPSA) is 58.1 Å². The third kappa shape index (κ3) is 8.93. The second kappa shape index (κ2) is 14.9. The number of guanidine groups is 1. The highest BCUT2D eigenvalue weighted by atomic mass is 127. The molecule has 1 aromatic rings. The number of hydrogen-bond acceptors (Lipinski definition) is 4. The summed E-state index contributed by atoms with van der Waals surface area (Å²) in [4.78, 5) is 7.10. The molecule has 2 N–H and O–H groups in total. The van der Waals surface area contributed by atoms with E-state index in [-0.39, 0.29) is 24.0 Å². The summed E-state index contributed by atoms with van der Waals surface area (Å²) in [6, 6.07) is 5.88. The van der Waals surface area contributed by atoms with Gasteiger partial charge in [-0.25, -0.2) is 4.99 Å². The number of hydrogen-bond donors (Lipinski definition) is 2. The molecule has 0 aliphatic heterocycles. The standard InChI is InChI=1S/C19H34N4O2.HI/c1-6-12-23(8-3)13-11-21-19(20-7-2)22-15-16-9-10-17(24-4)18(14-16)25-5;/h9-10,14H,6-8,11-13,15H2,1-5H3,(H2,20,21,22);1H. The number of nitrogens with one attached hydrogen (secondary N) is 2. The van der Waals surface area contributed by atoms with Gasteiger partial charge in [-0.05, 0) is 44.1 Å². The van der Waals surface area contributed by atoms with Crippen molar-refractivity contribution < 1.29 is 9.47 Å². The molecule has 0 aliphatic rings. The minimum atomic E-state index is 0. The first-order valence-electron chi connectivity index (χ1n) is 9.13. The normalized spacial score (nSPS) is 11.1. The zero-order valence-electron chi connectivity index (χ0n) is 16.8. The Balaban J connectivity index is 0.00000625. The summed E-state index contributed by atoms with van der Waals surface area (Å²) in [5.74, 6) is 2.30. The van der Waals surface area contributed by atoms with Crippen molar-refractivity contribution in [2.75, 3.05) is 46.9 Å². The third-order valence-corrected chi connectivity index (χ3v) is 3.92. The Morgan fingerprint density at radius 3 is 2.35 bits per heavy atom. The van der Waals surface area contributed by atoms with E-state index >= 15 is 0 Å². The van der Waals surface area contributed by atoms with Crippen LogP contribution in [0.5, 0.6) is 11.5 Å². The molecule has 0 atom stereocenters. The number of likely N-dealkylation sites (N-methyl/N-ethyl adjacent to an activating group) is 1. The fourth-order valence-corrected chi connectivity index (χ4v) is 2.57. The van der Waals surface area contributed by atoms with Crippen LogP contribution in [0.25, 0.3) is 0 Å². The molecule has 150 valence electrons. The molecule has 0 radical (unpaired) electrons. The lowest BCUT2D eigenvalue weighted by Gasteiger charge is -2.20. The van der Waals surface area contributed by atoms with E-state index in [9.17, 15) is 0 Å². The maximum atomic E-state index is 5.35. The Morgan fingerprint density at radius 1 is 1.04 bits per heavy atom. The molecule has 26 heavy (non-hydrogen) atoms. The molecule has 0 aromatic heterocycles. The van der Waals surface area contributed by atoms with Crippen molar-refractivity contribution in [3.63, 3.8) is 0 Å². The predicted molar refractivity (Wildman–Crippen MR) is 120 cm³/mol. The Labute approximate surface area is 175 Å². The summed E-state index contributed by atoms with van der Waals surface area (Å²) < 4.78 is 10.6. The molecule has 0 heterocycles. The van der Waals surface area contributed by atoms with Crippen LogP contribution in [-0.4, -0.2) is 57.8 Å². The first-order chi connectivity index (χ1) is 12.2. The fourth-order valence-electron chi connectivity index (χ4n) is 2.57. The fraction of sp³-hybridized carbons (Fsp3) is 0.632. The molecule has 0 unspecified atom stereocenters. The number of methoxy groups -OCH3 is 2. The summed E-state index contributed by atoms with van der Waals surface area (Å²) in [7, 11) is 3.29. The van der Waals surface area contributed by atoms with Gasteiger partial charge in [-0.15, -0.1) is 24.0 Å². The van der Waals surface area contributed by atoms with E-state index in [0.717, 1.165) is 55.7 Å². The first kappa shape index (κ1) is 24.8. The van der Waals surface area contributed by atoms with Gasteiger partial charge in [0.2, 0.25) is 0 Å². The summed E-state index contributed by atoms with van der Waals surface area (Å²) in [6.07, 6.45) is 1.18. The van der Waals surface area contributed by atoms with E-state index in [1.54, 1.807) is 14.2 Å². The number of rotatable bonds is 11. The van der Waals surface area contributed by atoms with Gasteiger partial charge in [0.15, 0.2) is 17.5 Å². The largest absolute Gasteiger partial charge is 0.493 e. The number of nitrogens with zero attached hydrogens (tertiary/aromatic N) is 2. The maximum absolute atomic E-state index is 5.35. The monoisotopic (exact) mass is 478 g/mol. The van der Waals surface area contributed by atoms with Gasteiger partial charge < -0.3 is 25.0 Å². The van der Waals surface area contributed by atoms with E-state index in [1.807, 2.05) is 18.2 Å². The van der Waals surface area contributed by atoms with Crippen LogP contribution >= 0.6 is 24.0 Å². The van der Waals surface area contributed by atoms with Crippen molar-refractivity contribution in [3.05, 3.63) is 23.8 Å². The number of halogens is 1. The van der Waals surface area contributed by atoms with E-state index in [1.165, 1.54) is 6.42 Å². The average Bonchev–Trinajstić information content (AvgIpc) is 2.64. The molecule has 0 spiro atoms. The highest BCUT2D eigenvalue weighted by Gasteiger charge is 2.05. The maximum Gasteiger partial charge on any atom is 0.191 e. The van der Waals surface area contributed by atoms with E-state index in [0.29, 0.717) is 6.54 Å². The van der Waals surface area contributed by atoms with Crippen molar-refractivity contribution in [3.8, 4) is 11.5 Å². The molecule has 0 saturated carbocycles. The molecule has 0 saturated heterocycles. The smallest absolute Gasteiger partial charge is 0.191 e. The molecular formula is C19H35IN4O2. The lowest BCUT2D eigenvalue weighted by molar-refractivity contribution is 0.293. The van der Waals surface area contributed by atoms with Gasteiger partial charge in [-0.3, -0.25) is 0 Å². The molecule has 0 fully saturated rings. The summed E-state index contributed by atoms with van der Waals surface area (Å²) >= 11 is 0. The van der Waals surface area contributed by atoms with Crippen LogP contribution in [0.4, 0.5) is 0 Å². The molecule has 6 nitrogen and oxygen atoms in total. The lowest BCUT2D eigenvalue weighted by atomic mass is 10.2. The van der Waals surface area contributed by atoms with Gasteiger partial charge in [0.25, 0.3) is 0 Å². The summed E-state index contributed by atoms with van der Waals surface area (Å²) in [5.41, 5.74) is 1.08. The van der Waals surface area contributed by atoms with Gasteiger partial charge in [-0.2, -0.15) is 0 Å². The first-order valence-corrected chi connectivity index (χ1v) is 9.13. The number of benzene rings is 1. The molecule has 0 bridgehead atoms. The SMILES string of the molecule is CCCN(CC)CCNC(=NCc1ccc(OC)c(OC)c1)NCC.I. The predicted octanol–water partition coefficient (Wildman–Crippen LogP) is 3.11.